The van der Waals surface area contributed by atoms with Crippen LogP contribution in [0.25, 0.3) is 0 Å². The minimum atomic E-state index is 0.560. The molecule has 0 bridgehead atoms. The smallest absolute Gasteiger partial charge is 0.156 e. The Balaban J connectivity index is 2.37. The lowest BCUT2D eigenvalue weighted by atomic mass is 10.2. The van der Waals surface area contributed by atoms with E-state index in [1.54, 1.807) is 12.3 Å². The fourth-order valence-corrected chi connectivity index (χ4v) is 2.12. The largest absolute Gasteiger partial charge is 0.396 e. The molecule has 100 valence electrons. The quantitative estimate of drug-likeness (QED) is 0.887. The van der Waals surface area contributed by atoms with E-state index in [2.05, 4.69) is 28.9 Å². The molecule has 0 aliphatic heterocycles. The maximum Gasteiger partial charge on any atom is 0.156 e. The topological polar surface area (TPSA) is 42.2 Å². The first-order valence-electron chi connectivity index (χ1n) is 6.46. The molecule has 0 atom stereocenters. The van der Waals surface area contributed by atoms with Gasteiger partial charge in [0.2, 0.25) is 0 Å². The monoisotopic (exact) mass is 275 g/mol. The highest BCUT2D eigenvalue weighted by Crippen LogP contribution is 2.30. The molecule has 2 N–H and O–H groups in total. The molecule has 1 aromatic heterocycles. The summed E-state index contributed by atoms with van der Waals surface area (Å²) in [6, 6.07) is 11.9. The summed E-state index contributed by atoms with van der Waals surface area (Å²) in [5.74, 6) is 0.768. The molecule has 3 nitrogen and oxygen atoms in total. The highest BCUT2D eigenvalue weighted by Gasteiger charge is 2.13. The number of hydrogen-bond acceptors (Lipinski definition) is 3. The Morgan fingerprint density at radius 2 is 2.00 bits per heavy atom. The van der Waals surface area contributed by atoms with Crippen molar-refractivity contribution in [3.63, 3.8) is 0 Å². The van der Waals surface area contributed by atoms with Crippen LogP contribution in [0.4, 0.5) is 17.2 Å². The van der Waals surface area contributed by atoms with E-state index in [1.807, 2.05) is 18.2 Å². The Morgan fingerprint density at radius 3 is 2.63 bits per heavy atom. The van der Waals surface area contributed by atoms with Gasteiger partial charge in [-0.05, 0) is 24.6 Å². The number of pyridine rings is 1. The second-order valence-corrected chi connectivity index (χ2v) is 4.84. The number of unbranched alkanes of at least 4 members (excludes halogenated alkanes) is 1. The maximum atomic E-state index is 6.04. The van der Waals surface area contributed by atoms with E-state index >= 15 is 0 Å². The van der Waals surface area contributed by atoms with Crippen LogP contribution >= 0.6 is 11.6 Å². The van der Waals surface area contributed by atoms with Crippen LogP contribution in [-0.4, -0.2) is 11.5 Å². The van der Waals surface area contributed by atoms with Crippen LogP contribution in [0.5, 0.6) is 0 Å². The SMILES string of the molecule is CCCCN(c1ccccc1)c1ncc(Cl)cc1N. The number of nitrogens with zero attached hydrogens (tertiary/aromatic N) is 2. The fourth-order valence-electron chi connectivity index (χ4n) is 1.95. The lowest BCUT2D eigenvalue weighted by molar-refractivity contribution is 0.780. The average molecular weight is 276 g/mol. The molecule has 2 aromatic rings. The van der Waals surface area contributed by atoms with E-state index in [9.17, 15) is 0 Å². The van der Waals surface area contributed by atoms with Crippen molar-refractivity contribution in [1.82, 2.24) is 4.98 Å². The third-order valence-electron chi connectivity index (χ3n) is 2.92. The zero-order chi connectivity index (χ0) is 13.7. The molecule has 0 amide bonds. The predicted octanol–water partition coefficient (Wildman–Crippen LogP) is 4.26. The van der Waals surface area contributed by atoms with Crippen LogP contribution < -0.4 is 10.6 Å². The normalized spacial score (nSPS) is 10.4. The number of anilines is 3. The average Bonchev–Trinajstić information content (AvgIpc) is 2.42. The van der Waals surface area contributed by atoms with Crippen molar-refractivity contribution in [1.29, 1.82) is 0 Å². The van der Waals surface area contributed by atoms with Crippen molar-refractivity contribution >= 4 is 28.8 Å². The van der Waals surface area contributed by atoms with Gasteiger partial charge < -0.3 is 10.6 Å². The van der Waals surface area contributed by atoms with Crippen LogP contribution in [0.15, 0.2) is 42.6 Å². The number of para-hydroxylation sites is 1. The molecule has 2 rings (SSSR count). The lowest BCUT2D eigenvalue weighted by Gasteiger charge is -2.25. The summed E-state index contributed by atoms with van der Waals surface area (Å²) in [6.07, 6.45) is 3.84. The minimum absolute atomic E-state index is 0.560. The zero-order valence-electron chi connectivity index (χ0n) is 11.0. The molecule has 4 heteroatoms. The predicted molar refractivity (Wildman–Crippen MR) is 82.0 cm³/mol. The van der Waals surface area contributed by atoms with Gasteiger partial charge in [-0.1, -0.05) is 43.1 Å². The van der Waals surface area contributed by atoms with E-state index in [4.69, 9.17) is 17.3 Å². The molecule has 0 unspecified atom stereocenters. The van der Waals surface area contributed by atoms with E-state index < -0.39 is 0 Å². The Labute approximate surface area is 119 Å². The zero-order valence-corrected chi connectivity index (χ0v) is 11.8. The van der Waals surface area contributed by atoms with Crippen molar-refractivity contribution in [3.8, 4) is 0 Å². The summed E-state index contributed by atoms with van der Waals surface area (Å²) in [6.45, 7) is 3.06. The molecule has 1 aromatic carbocycles. The molecule has 0 spiro atoms. The number of aromatic nitrogens is 1. The van der Waals surface area contributed by atoms with Crippen LogP contribution in [0.3, 0.4) is 0 Å². The van der Waals surface area contributed by atoms with Crippen LogP contribution in [0.1, 0.15) is 19.8 Å². The van der Waals surface area contributed by atoms with Crippen LogP contribution in [-0.2, 0) is 0 Å². The van der Waals surface area contributed by atoms with E-state index in [0.29, 0.717) is 10.7 Å². The van der Waals surface area contributed by atoms with Gasteiger partial charge >= 0.3 is 0 Å². The number of rotatable bonds is 5. The highest BCUT2D eigenvalue weighted by molar-refractivity contribution is 6.30. The number of halogens is 1. The Bertz CT molecular complexity index is 528. The van der Waals surface area contributed by atoms with Gasteiger partial charge in [-0.15, -0.1) is 0 Å². The van der Waals surface area contributed by atoms with Gasteiger partial charge in [0.25, 0.3) is 0 Å². The minimum Gasteiger partial charge on any atom is -0.396 e. The van der Waals surface area contributed by atoms with E-state index in [0.717, 1.165) is 30.9 Å². The second kappa shape index (κ2) is 6.43. The molecule has 0 saturated carbocycles. The third kappa shape index (κ3) is 3.38. The van der Waals surface area contributed by atoms with Gasteiger partial charge in [0.15, 0.2) is 5.82 Å². The molecule has 0 radical (unpaired) electrons. The summed E-state index contributed by atoms with van der Waals surface area (Å²) >= 11 is 5.91. The fraction of sp³-hybridized carbons (Fsp3) is 0.267. The van der Waals surface area contributed by atoms with E-state index in [1.165, 1.54) is 0 Å². The standard InChI is InChI=1S/C15H18ClN3/c1-2-3-9-19(13-7-5-4-6-8-13)15-14(17)10-12(16)11-18-15/h4-8,10-11H,2-3,9,17H2,1H3. The Hall–Kier alpha value is -1.74. The number of hydrogen-bond donors (Lipinski definition) is 1. The van der Waals surface area contributed by atoms with Gasteiger partial charge in [-0.3, -0.25) is 0 Å². The maximum absolute atomic E-state index is 6.04. The lowest BCUT2D eigenvalue weighted by Crippen LogP contribution is -2.20. The second-order valence-electron chi connectivity index (χ2n) is 4.41. The first kappa shape index (κ1) is 13.7. The van der Waals surface area contributed by atoms with Gasteiger partial charge in [0.05, 0.1) is 10.7 Å². The van der Waals surface area contributed by atoms with Crippen molar-refractivity contribution in [3.05, 3.63) is 47.6 Å². The van der Waals surface area contributed by atoms with E-state index in [-0.39, 0.29) is 0 Å². The number of nitrogens with two attached hydrogens (primary N) is 1. The van der Waals surface area contributed by atoms with Crippen molar-refractivity contribution in [2.24, 2.45) is 0 Å². The van der Waals surface area contributed by atoms with Crippen molar-refractivity contribution in [2.45, 2.75) is 19.8 Å². The molecule has 0 aliphatic carbocycles. The molecular formula is C15H18ClN3. The number of benzene rings is 1. The Morgan fingerprint density at radius 1 is 1.26 bits per heavy atom. The summed E-state index contributed by atoms with van der Waals surface area (Å²) in [4.78, 5) is 6.51. The summed E-state index contributed by atoms with van der Waals surface area (Å²) in [7, 11) is 0. The van der Waals surface area contributed by atoms with Crippen LogP contribution in [0, 0.1) is 0 Å². The summed E-state index contributed by atoms with van der Waals surface area (Å²) in [5.41, 5.74) is 7.74. The van der Waals surface area contributed by atoms with Gasteiger partial charge in [-0.25, -0.2) is 4.98 Å². The van der Waals surface area contributed by atoms with Crippen molar-refractivity contribution in [2.75, 3.05) is 17.2 Å². The highest BCUT2D eigenvalue weighted by atomic mass is 35.5. The molecule has 19 heavy (non-hydrogen) atoms. The van der Waals surface area contributed by atoms with Crippen LogP contribution in [0.2, 0.25) is 5.02 Å². The summed E-state index contributed by atoms with van der Waals surface area (Å²) < 4.78 is 0. The summed E-state index contributed by atoms with van der Waals surface area (Å²) in [5, 5.41) is 0.560. The molecule has 1 heterocycles. The van der Waals surface area contributed by atoms with Gasteiger partial charge in [0.1, 0.15) is 0 Å². The first-order valence-corrected chi connectivity index (χ1v) is 6.83. The Kier molecular flexibility index (Phi) is 4.63. The van der Waals surface area contributed by atoms with Gasteiger partial charge in [0, 0.05) is 18.4 Å². The van der Waals surface area contributed by atoms with Crippen molar-refractivity contribution < 1.29 is 0 Å². The first-order chi connectivity index (χ1) is 9.22. The number of nitrogen functional groups attached to an aromatic ring is 1. The molecule has 0 fully saturated rings. The molecule has 0 aliphatic rings. The van der Waals surface area contributed by atoms with Gasteiger partial charge in [-0.2, -0.15) is 0 Å². The third-order valence-corrected chi connectivity index (χ3v) is 3.13. The molecular weight excluding hydrogens is 258 g/mol. The molecule has 0 saturated heterocycles.